The van der Waals surface area contributed by atoms with Crippen LogP contribution in [0.4, 0.5) is 0 Å². The minimum Gasteiger partial charge on any atom is -0.472 e. The van der Waals surface area contributed by atoms with Gasteiger partial charge in [-0.1, -0.05) is 24.3 Å². The maximum atomic E-state index is 12.9. The van der Waals surface area contributed by atoms with Crippen molar-refractivity contribution in [1.29, 1.82) is 0 Å². The number of H-pyrrole nitrogens is 1. The molecule has 30 heavy (non-hydrogen) atoms. The molecule has 1 amide bonds. The minimum absolute atomic E-state index is 0.0494. The van der Waals surface area contributed by atoms with E-state index in [0.29, 0.717) is 12.4 Å². The number of aromatic nitrogens is 2. The van der Waals surface area contributed by atoms with E-state index in [0.717, 1.165) is 18.4 Å². The molecule has 1 N–H and O–H groups in total. The Bertz CT molecular complexity index is 1090. The Hall–Kier alpha value is -3.35. The summed E-state index contributed by atoms with van der Waals surface area (Å²) in [6.07, 6.45) is 3.02. The normalized spacial score (nSPS) is 22.4. The molecule has 1 saturated heterocycles. The number of aromatic amines is 1. The molecule has 1 aliphatic heterocycles. The second-order valence-corrected chi connectivity index (χ2v) is 7.91. The molecule has 0 radical (unpaired) electrons. The largest absolute Gasteiger partial charge is 0.472 e. The van der Waals surface area contributed by atoms with E-state index in [2.05, 4.69) is 22.1 Å². The lowest BCUT2D eigenvalue weighted by atomic mass is 9.76. The Morgan fingerprint density at radius 1 is 1.20 bits per heavy atom. The Balaban J connectivity index is 1.51. The fourth-order valence-corrected chi connectivity index (χ4v) is 4.78. The third-order valence-corrected chi connectivity index (χ3v) is 6.08. The van der Waals surface area contributed by atoms with Gasteiger partial charge in [-0.05, 0) is 30.5 Å². The van der Waals surface area contributed by atoms with Crippen LogP contribution in [-0.4, -0.2) is 52.0 Å². The predicted molar refractivity (Wildman–Crippen MR) is 110 cm³/mol. The quantitative estimate of drug-likeness (QED) is 0.675. The van der Waals surface area contributed by atoms with Crippen LogP contribution in [0, 0.1) is 0 Å². The summed E-state index contributed by atoms with van der Waals surface area (Å²) in [6, 6.07) is 13.8. The first kappa shape index (κ1) is 18.7. The second-order valence-electron chi connectivity index (χ2n) is 7.91. The average Bonchev–Trinajstić information content (AvgIpc) is 3.13. The second kappa shape index (κ2) is 7.48. The first-order chi connectivity index (χ1) is 14.6. The summed E-state index contributed by atoms with van der Waals surface area (Å²) in [5.41, 5.74) is 3.54. The highest BCUT2D eigenvalue weighted by Gasteiger charge is 2.45. The number of carbonyl (C=O) groups is 2. The first-order valence-electron chi connectivity index (χ1n) is 10.2. The monoisotopic (exact) mass is 405 g/mol. The molecule has 154 valence electrons. The minimum atomic E-state index is -0.456. The first-order valence-corrected chi connectivity index (χ1v) is 10.2. The molecule has 2 aromatic heterocycles. The molecule has 5 rings (SSSR count). The lowest BCUT2D eigenvalue weighted by Gasteiger charge is -2.46. The molecular weight excluding hydrogens is 382 g/mol. The summed E-state index contributed by atoms with van der Waals surface area (Å²) >= 11 is 0. The molecule has 1 aromatic carbocycles. The number of nitrogens with zero attached hydrogens (tertiary/aromatic N) is 2. The SMILES string of the molecule is CC(=O)OCC(=O)N1C[C@H](Oc2ccccn2)[C@H]2C[C@@H]1Cc1c2[nH]c2ccccc12. The van der Waals surface area contributed by atoms with Crippen molar-refractivity contribution >= 4 is 22.8 Å². The molecule has 0 saturated carbocycles. The van der Waals surface area contributed by atoms with E-state index < -0.39 is 5.97 Å². The van der Waals surface area contributed by atoms with Crippen LogP contribution in [0.5, 0.6) is 5.88 Å². The van der Waals surface area contributed by atoms with Crippen molar-refractivity contribution in [2.45, 2.75) is 37.8 Å². The number of nitrogens with one attached hydrogen (secondary N) is 1. The van der Waals surface area contributed by atoms with Crippen molar-refractivity contribution in [1.82, 2.24) is 14.9 Å². The molecular formula is C23H23N3O4. The van der Waals surface area contributed by atoms with Crippen LogP contribution in [0.3, 0.4) is 0 Å². The van der Waals surface area contributed by atoms with Gasteiger partial charge in [0.15, 0.2) is 6.61 Å². The highest BCUT2D eigenvalue weighted by Crippen LogP contribution is 2.43. The molecule has 2 bridgehead atoms. The van der Waals surface area contributed by atoms with Gasteiger partial charge in [0.2, 0.25) is 5.88 Å². The highest BCUT2D eigenvalue weighted by molar-refractivity contribution is 5.86. The lowest BCUT2D eigenvalue weighted by Crippen LogP contribution is -2.56. The number of fused-ring (bicyclic) bond motifs is 6. The van der Waals surface area contributed by atoms with E-state index in [9.17, 15) is 9.59 Å². The van der Waals surface area contributed by atoms with E-state index >= 15 is 0 Å². The number of ether oxygens (including phenoxy) is 2. The summed E-state index contributed by atoms with van der Waals surface area (Å²) in [7, 11) is 0. The van der Waals surface area contributed by atoms with Gasteiger partial charge in [0.05, 0.1) is 6.54 Å². The third kappa shape index (κ3) is 3.30. The highest BCUT2D eigenvalue weighted by atomic mass is 16.5. The number of likely N-dealkylation sites (tertiary alicyclic amines) is 1. The van der Waals surface area contributed by atoms with Crippen LogP contribution in [0.25, 0.3) is 10.9 Å². The number of hydrogen-bond donors (Lipinski definition) is 1. The van der Waals surface area contributed by atoms with Crippen molar-refractivity contribution < 1.29 is 19.1 Å². The number of rotatable bonds is 4. The van der Waals surface area contributed by atoms with Gasteiger partial charge in [0.25, 0.3) is 5.91 Å². The van der Waals surface area contributed by atoms with Crippen molar-refractivity contribution in [3.05, 3.63) is 59.9 Å². The summed E-state index contributed by atoms with van der Waals surface area (Å²) in [5, 5.41) is 1.19. The van der Waals surface area contributed by atoms with E-state index in [1.807, 2.05) is 35.2 Å². The van der Waals surface area contributed by atoms with Gasteiger partial charge in [0.1, 0.15) is 6.10 Å². The van der Waals surface area contributed by atoms with E-state index in [4.69, 9.17) is 9.47 Å². The van der Waals surface area contributed by atoms with Crippen LogP contribution in [0.2, 0.25) is 0 Å². The molecule has 3 aromatic rings. The Labute approximate surface area is 174 Å². The number of esters is 1. The number of amides is 1. The summed E-state index contributed by atoms with van der Waals surface area (Å²) in [4.78, 5) is 33.8. The number of para-hydroxylation sites is 1. The zero-order chi connectivity index (χ0) is 20.7. The van der Waals surface area contributed by atoms with Gasteiger partial charge in [-0.15, -0.1) is 0 Å². The van der Waals surface area contributed by atoms with Gasteiger partial charge in [0, 0.05) is 47.7 Å². The summed E-state index contributed by atoms with van der Waals surface area (Å²) < 4.78 is 11.3. The number of pyridine rings is 1. The number of benzene rings is 1. The van der Waals surface area contributed by atoms with Gasteiger partial charge in [-0.3, -0.25) is 9.59 Å². The zero-order valence-corrected chi connectivity index (χ0v) is 16.7. The van der Waals surface area contributed by atoms with Gasteiger partial charge in [-0.25, -0.2) is 4.98 Å². The average molecular weight is 405 g/mol. The molecule has 1 fully saturated rings. The molecule has 7 nitrogen and oxygen atoms in total. The fraction of sp³-hybridized carbons (Fsp3) is 0.348. The van der Waals surface area contributed by atoms with Crippen LogP contribution in [-0.2, 0) is 20.7 Å². The number of carbonyl (C=O) groups excluding carboxylic acids is 2. The molecule has 0 unspecified atom stereocenters. The topological polar surface area (TPSA) is 84.5 Å². The molecule has 0 spiro atoms. The summed E-state index contributed by atoms with van der Waals surface area (Å²) in [6.45, 7) is 1.50. The standard InChI is InChI=1S/C23H23N3O4/c1-14(27)29-13-22(28)26-12-20(30-21-8-4-5-9-24-21)18-11-15(26)10-17-16-6-2-3-7-19(16)25-23(17)18/h2-9,15,18,20,25H,10-13H2,1H3/t15-,18+,20-/m0/s1. The third-order valence-electron chi connectivity index (χ3n) is 6.08. The van der Waals surface area contributed by atoms with Crippen molar-refractivity contribution in [3.63, 3.8) is 0 Å². The van der Waals surface area contributed by atoms with E-state index in [1.165, 1.54) is 23.6 Å². The van der Waals surface area contributed by atoms with Crippen LogP contribution < -0.4 is 4.74 Å². The van der Waals surface area contributed by atoms with Crippen molar-refractivity contribution in [3.8, 4) is 5.88 Å². The van der Waals surface area contributed by atoms with Gasteiger partial charge >= 0.3 is 5.97 Å². The maximum Gasteiger partial charge on any atom is 0.303 e. The Morgan fingerprint density at radius 2 is 2.03 bits per heavy atom. The number of hydrogen-bond acceptors (Lipinski definition) is 5. The van der Waals surface area contributed by atoms with Gasteiger partial charge < -0.3 is 19.4 Å². The van der Waals surface area contributed by atoms with Gasteiger partial charge in [-0.2, -0.15) is 0 Å². The molecule has 3 heterocycles. The molecule has 3 atom stereocenters. The van der Waals surface area contributed by atoms with Crippen molar-refractivity contribution in [2.24, 2.45) is 0 Å². The predicted octanol–water partition coefficient (Wildman–Crippen LogP) is 2.81. The molecule has 1 aliphatic carbocycles. The Kier molecular flexibility index (Phi) is 4.65. The smallest absolute Gasteiger partial charge is 0.303 e. The van der Waals surface area contributed by atoms with Crippen molar-refractivity contribution in [2.75, 3.05) is 13.2 Å². The van der Waals surface area contributed by atoms with Crippen LogP contribution in [0.15, 0.2) is 48.7 Å². The number of piperidine rings is 1. The fourth-order valence-electron chi connectivity index (χ4n) is 4.78. The molecule has 2 aliphatic rings. The van der Waals surface area contributed by atoms with Crippen LogP contribution >= 0.6 is 0 Å². The van der Waals surface area contributed by atoms with Crippen LogP contribution in [0.1, 0.15) is 30.5 Å². The lowest BCUT2D eigenvalue weighted by molar-refractivity contribution is -0.153. The molecule has 7 heteroatoms. The maximum absolute atomic E-state index is 12.9. The van der Waals surface area contributed by atoms with E-state index in [-0.39, 0.29) is 30.6 Å². The summed E-state index contributed by atoms with van der Waals surface area (Å²) in [5.74, 6) is 0.0242. The van der Waals surface area contributed by atoms with E-state index in [1.54, 1.807) is 6.20 Å². The Morgan fingerprint density at radius 3 is 2.83 bits per heavy atom. The zero-order valence-electron chi connectivity index (χ0n) is 16.7.